The van der Waals surface area contributed by atoms with Gasteiger partial charge in [0.15, 0.2) is 6.61 Å². The largest absolute Gasteiger partial charge is 0.484 e. The van der Waals surface area contributed by atoms with Gasteiger partial charge in [-0.3, -0.25) is 10.1 Å². The first-order valence-electron chi connectivity index (χ1n) is 8.44. The maximum absolute atomic E-state index is 12.0. The molecule has 26 heavy (non-hydrogen) atoms. The number of aromatic nitrogens is 5. The summed E-state index contributed by atoms with van der Waals surface area (Å²) in [6.07, 6.45) is 6.95. The van der Waals surface area contributed by atoms with Crippen LogP contribution < -0.4 is 10.1 Å². The molecule has 1 aliphatic rings. The number of ether oxygens (including phenoxy) is 1. The molecule has 0 saturated carbocycles. The number of benzene rings is 1. The van der Waals surface area contributed by atoms with E-state index in [1.807, 2.05) is 35.3 Å². The smallest absolute Gasteiger partial charge is 0.264 e. The standard InChI is InChI=1S/C18H18N6O2/c25-17(11-26-15-4-2-1-3-5-15)22-18-21-16-7-6-13(10-24(16)23-18)14-8-19-12-20-9-14/h1-5,8-9,12-13H,6-7,10-11H2,(H,22,23,25). The number of hydrogen-bond donors (Lipinski definition) is 1. The molecule has 132 valence electrons. The van der Waals surface area contributed by atoms with Crippen molar-refractivity contribution in [2.45, 2.75) is 25.3 Å². The van der Waals surface area contributed by atoms with Crippen LogP contribution in [0.15, 0.2) is 49.1 Å². The molecular formula is C18H18N6O2. The van der Waals surface area contributed by atoms with Crippen LogP contribution in [-0.4, -0.2) is 37.2 Å². The summed E-state index contributed by atoms with van der Waals surface area (Å²) in [5.74, 6) is 1.84. The van der Waals surface area contributed by atoms with Gasteiger partial charge >= 0.3 is 0 Å². The van der Waals surface area contributed by atoms with Crippen LogP contribution in [0.4, 0.5) is 5.95 Å². The minimum absolute atomic E-state index is 0.0855. The van der Waals surface area contributed by atoms with Crippen molar-refractivity contribution in [1.82, 2.24) is 24.7 Å². The lowest BCUT2D eigenvalue weighted by Gasteiger charge is -2.21. The Kier molecular flexibility index (Phi) is 4.55. The quantitative estimate of drug-likeness (QED) is 0.754. The Morgan fingerprint density at radius 2 is 2.04 bits per heavy atom. The molecule has 8 heteroatoms. The van der Waals surface area contributed by atoms with E-state index in [1.165, 1.54) is 6.33 Å². The number of aryl methyl sites for hydroxylation is 1. The second-order valence-electron chi connectivity index (χ2n) is 6.09. The first-order chi connectivity index (χ1) is 12.8. The van der Waals surface area contributed by atoms with Crippen molar-refractivity contribution in [1.29, 1.82) is 0 Å². The minimum Gasteiger partial charge on any atom is -0.484 e. The van der Waals surface area contributed by atoms with Crippen LogP contribution in [0.1, 0.15) is 23.7 Å². The third kappa shape index (κ3) is 3.69. The zero-order chi connectivity index (χ0) is 17.8. The molecule has 1 aliphatic heterocycles. The Labute approximate surface area is 150 Å². The van der Waals surface area contributed by atoms with E-state index < -0.39 is 0 Å². The molecule has 1 N–H and O–H groups in total. The van der Waals surface area contributed by atoms with E-state index in [0.717, 1.165) is 24.2 Å². The van der Waals surface area contributed by atoms with Crippen LogP contribution in [-0.2, 0) is 17.8 Å². The average Bonchev–Trinajstić information content (AvgIpc) is 3.09. The van der Waals surface area contributed by atoms with E-state index in [2.05, 4.69) is 25.4 Å². The maximum atomic E-state index is 12.0. The number of hydrogen-bond acceptors (Lipinski definition) is 6. The van der Waals surface area contributed by atoms with E-state index in [-0.39, 0.29) is 12.5 Å². The van der Waals surface area contributed by atoms with Crippen molar-refractivity contribution in [3.8, 4) is 5.75 Å². The Morgan fingerprint density at radius 1 is 1.23 bits per heavy atom. The van der Waals surface area contributed by atoms with Crippen LogP contribution >= 0.6 is 0 Å². The van der Waals surface area contributed by atoms with Crippen LogP contribution in [0.5, 0.6) is 5.75 Å². The molecule has 1 unspecified atom stereocenters. The molecule has 0 radical (unpaired) electrons. The molecule has 4 rings (SSSR count). The molecule has 1 atom stereocenters. The van der Waals surface area contributed by atoms with Gasteiger partial charge in [-0.15, -0.1) is 5.10 Å². The van der Waals surface area contributed by atoms with Gasteiger partial charge in [0.2, 0.25) is 5.95 Å². The summed E-state index contributed by atoms with van der Waals surface area (Å²) in [6.45, 7) is 0.615. The highest BCUT2D eigenvalue weighted by Crippen LogP contribution is 2.27. The first-order valence-corrected chi connectivity index (χ1v) is 8.44. The summed E-state index contributed by atoms with van der Waals surface area (Å²) in [5.41, 5.74) is 1.09. The average molecular weight is 350 g/mol. The molecule has 0 saturated heterocycles. The van der Waals surface area contributed by atoms with E-state index in [4.69, 9.17) is 4.74 Å². The molecule has 2 aromatic heterocycles. The van der Waals surface area contributed by atoms with Crippen molar-refractivity contribution in [2.75, 3.05) is 11.9 Å². The van der Waals surface area contributed by atoms with Crippen molar-refractivity contribution in [2.24, 2.45) is 0 Å². The van der Waals surface area contributed by atoms with Gasteiger partial charge < -0.3 is 4.74 Å². The van der Waals surface area contributed by atoms with E-state index in [9.17, 15) is 4.79 Å². The fraction of sp³-hybridized carbons (Fsp3) is 0.278. The molecule has 3 heterocycles. The van der Waals surface area contributed by atoms with Crippen molar-refractivity contribution >= 4 is 11.9 Å². The highest BCUT2D eigenvalue weighted by Gasteiger charge is 2.23. The normalized spacial score (nSPS) is 15.9. The van der Waals surface area contributed by atoms with Gasteiger partial charge in [-0.25, -0.2) is 14.6 Å². The number of anilines is 1. The van der Waals surface area contributed by atoms with Gasteiger partial charge in [-0.2, -0.15) is 4.98 Å². The van der Waals surface area contributed by atoms with E-state index in [1.54, 1.807) is 12.1 Å². The Balaban J connectivity index is 1.36. The highest BCUT2D eigenvalue weighted by molar-refractivity contribution is 5.90. The third-order valence-electron chi connectivity index (χ3n) is 4.27. The number of rotatable bonds is 5. The Hall–Kier alpha value is -3.29. The monoisotopic (exact) mass is 350 g/mol. The molecule has 0 fully saturated rings. The first kappa shape index (κ1) is 16.2. The summed E-state index contributed by atoms with van der Waals surface area (Å²) in [6, 6.07) is 9.20. The number of carbonyl (C=O) groups is 1. The molecule has 0 aliphatic carbocycles. The zero-order valence-electron chi connectivity index (χ0n) is 14.1. The van der Waals surface area contributed by atoms with Gasteiger partial charge in [-0.1, -0.05) is 18.2 Å². The lowest BCUT2D eigenvalue weighted by Crippen LogP contribution is -2.21. The summed E-state index contributed by atoms with van der Waals surface area (Å²) >= 11 is 0. The third-order valence-corrected chi connectivity index (χ3v) is 4.27. The molecule has 8 nitrogen and oxygen atoms in total. The SMILES string of the molecule is O=C(COc1ccccc1)Nc1nc2n(n1)CC(c1cncnc1)CC2. The summed E-state index contributed by atoms with van der Waals surface area (Å²) < 4.78 is 7.27. The van der Waals surface area contributed by atoms with Gasteiger partial charge in [0.1, 0.15) is 17.9 Å². The van der Waals surface area contributed by atoms with Crippen LogP contribution in [0.25, 0.3) is 0 Å². The lowest BCUT2D eigenvalue weighted by atomic mass is 9.94. The predicted octanol–water partition coefficient (Wildman–Crippen LogP) is 1.82. The summed E-state index contributed by atoms with van der Waals surface area (Å²) in [7, 11) is 0. The highest BCUT2D eigenvalue weighted by atomic mass is 16.5. The topological polar surface area (TPSA) is 94.8 Å². The number of fused-ring (bicyclic) bond motifs is 1. The second kappa shape index (κ2) is 7.30. The Morgan fingerprint density at radius 3 is 2.85 bits per heavy atom. The number of nitrogens with zero attached hydrogens (tertiary/aromatic N) is 5. The fourth-order valence-electron chi connectivity index (χ4n) is 2.98. The molecule has 1 amide bonds. The fourth-order valence-corrected chi connectivity index (χ4v) is 2.98. The van der Waals surface area contributed by atoms with E-state index >= 15 is 0 Å². The van der Waals surface area contributed by atoms with Crippen molar-refractivity contribution in [3.05, 3.63) is 60.4 Å². The molecular weight excluding hydrogens is 332 g/mol. The van der Waals surface area contributed by atoms with Crippen molar-refractivity contribution in [3.63, 3.8) is 0 Å². The number of para-hydroxylation sites is 1. The molecule has 3 aromatic rings. The molecule has 0 bridgehead atoms. The molecule has 0 spiro atoms. The van der Waals surface area contributed by atoms with Crippen LogP contribution in [0.3, 0.4) is 0 Å². The second-order valence-corrected chi connectivity index (χ2v) is 6.09. The number of amides is 1. The minimum atomic E-state index is -0.287. The number of nitrogens with one attached hydrogen (secondary N) is 1. The predicted molar refractivity (Wildman–Crippen MR) is 93.7 cm³/mol. The van der Waals surface area contributed by atoms with Gasteiger partial charge in [-0.05, 0) is 24.1 Å². The van der Waals surface area contributed by atoms with Crippen LogP contribution in [0.2, 0.25) is 0 Å². The van der Waals surface area contributed by atoms with Crippen LogP contribution in [0, 0.1) is 0 Å². The van der Waals surface area contributed by atoms with Gasteiger partial charge in [0.25, 0.3) is 5.91 Å². The molecule has 1 aromatic carbocycles. The van der Waals surface area contributed by atoms with E-state index in [0.29, 0.717) is 24.2 Å². The zero-order valence-corrected chi connectivity index (χ0v) is 14.1. The summed E-state index contributed by atoms with van der Waals surface area (Å²) in [4.78, 5) is 24.6. The van der Waals surface area contributed by atoms with Crippen molar-refractivity contribution < 1.29 is 9.53 Å². The lowest BCUT2D eigenvalue weighted by molar-refractivity contribution is -0.118. The summed E-state index contributed by atoms with van der Waals surface area (Å²) in [5, 5.41) is 7.09. The van der Waals surface area contributed by atoms with Gasteiger partial charge in [0.05, 0.1) is 6.54 Å². The number of carbonyl (C=O) groups excluding carboxylic acids is 1. The van der Waals surface area contributed by atoms with Gasteiger partial charge in [0, 0.05) is 24.7 Å². The Bertz CT molecular complexity index is 881. The maximum Gasteiger partial charge on any atom is 0.264 e.